The average molecular weight is 303 g/mol. The van der Waals surface area contributed by atoms with Gasteiger partial charge in [0, 0.05) is 0 Å². The normalized spacial score (nSPS) is 11.9. The van der Waals surface area contributed by atoms with Crippen LogP contribution in [0.3, 0.4) is 0 Å². The van der Waals surface area contributed by atoms with Crippen molar-refractivity contribution in [2.75, 3.05) is 14.2 Å². The molecule has 1 atom stereocenters. The Morgan fingerprint density at radius 2 is 1.82 bits per heavy atom. The van der Waals surface area contributed by atoms with Crippen LogP contribution >= 0.6 is 0 Å². The number of aryl methyl sites for hydroxylation is 2. The second kappa shape index (κ2) is 6.56. The maximum Gasteiger partial charge on any atom is 0.255 e. The summed E-state index contributed by atoms with van der Waals surface area (Å²) in [5.74, 6) is 2.48. The summed E-state index contributed by atoms with van der Waals surface area (Å²) in [5, 5.41) is 2.96. The highest BCUT2D eigenvalue weighted by Crippen LogP contribution is 2.30. The van der Waals surface area contributed by atoms with Crippen LogP contribution in [0, 0.1) is 13.8 Å². The van der Waals surface area contributed by atoms with Gasteiger partial charge in [-0.15, -0.1) is 0 Å². The summed E-state index contributed by atoms with van der Waals surface area (Å²) in [7, 11) is 3.18. The van der Waals surface area contributed by atoms with Gasteiger partial charge in [0.05, 0.1) is 25.8 Å². The van der Waals surface area contributed by atoms with Gasteiger partial charge < -0.3 is 19.2 Å². The second-order valence-corrected chi connectivity index (χ2v) is 5.14. The first-order chi connectivity index (χ1) is 10.5. The number of furan rings is 1. The number of methoxy groups -OCH3 is 2. The van der Waals surface area contributed by atoms with Crippen LogP contribution in [0.4, 0.5) is 0 Å². The van der Waals surface area contributed by atoms with Crippen molar-refractivity contribution in [2.45, 2.75) is 26.8 Å². The van der Waals surface area contributed by atoms with Crippen LogP contribution in [-0.4, -0.2) is 20.1 Å². The van der Waals surface area contributed by atoms with Gasteiger partial charge in [-0.25, -0.2) is 0 Å². The Balaban J connectivity index is 2.16. The van der Waals surface area contributed by atoms with Gasteiger partial charge in [0.25, 0.3) is 5.91 Å². The molecule has 0 fully saturated rings. The minimum Gasteiger partial charge on any atom is -0.493 e. The number of hydrogen-bond acceptors (Lipinski definition) is 4. The molecule has 1 unspecified atom stereocenters. The zero-order valence-electron chi connectivity index (χ0n) is 13.5. The third-order valence-electron chi connectivity index (χ3n) is 3.54. The fourth-order valence-electron chi connectivity index (χ4n) is 2.34. The highest BCUT2D eigenvalue weighted by atomic mass is 16.5. The van der Waals surface area contributed by atoms with Gasteiger partial charge in [0.15, 0.2) is 11.5 Å². The minimum atomic E-state index is -0.165. The van der Waals surface area contributed by atoms with Gasteiger partial charge in [0.1, 0.15) is 11.5 Å². The number of rotatable bonds is 5. The fraction of sp³-hybridized carbons (Fsp3) is 0.353. The van der Waals surface area contributed by atoms with Crippen molar-refractivity contribution in [2.24, 2.45) is 0 Å². The zero-order chi connectivity index (χ0) is 16.3. The Morgan fingerprint density at radius 1 is 1.14 bits per heavy atom. The van der Waals surface area contributed by atoms with Crippen molar-refractivity contribution in [3.63, 3.8) is 0 Å². The van der Waals surface area contributed by atoms with Crippen molar-refractivity contribution in [3.8, 4) is 11.5 Å². The Morgan fingerprint density at radius 3 is 2.36 bits per heavy atom. The Hall–Kier alpha value is -2.43. The molecule has 0 radical (unpaired) electrons. The Labute approximate surface area is 130 Å². The summed E-state index contributed by atoms with van der Waals surface area (Å²) in [4.78, 5) is 12.3. The molecule has 0 aliphatic rings. The van der Waals surface area contributed by atoms with Gasteiger partial charge in [-0.3, -0.25) is 4.79 Å². The smallest absolute Gasteiger partial charge is 0.255 e. The lowest BCUT2D eigenvalue weighted by molar-refractivity contribution is 0.0938. The Bertz CT molecular complexity index is 675. The molecule has 1 aromatic carbocycles. The number of hydrogen-bond donors (Lipinski definition) is 1. The molecule has 5 heteroatoms. The van der Waals surface area contributed by atoms with Gasteiger partial charge >= 0.3 is 0 Å². The molecule has 118 valence electrons. The predicted molar refractivity (Wildman–Crippen MR) is 83.6 cm³/mol. The summed E-state index contributed by atoms with van der Waals surface area (Å²) in [6, 6.07) is 7.16. The van der Waals surface area contributed by atoms with Crippen LogP contribution in [-0.2, 0) is 0 Å². The third kappa shape index (κ3) is 3.24. The topological polar surface area (TPSA) is 60.7 Å². The molecule has 2 aromatic rings. The van der Waals surface area contributed by atoms with E-state index >= 15 is 0 Å². The highest BCUT2D eigenvalue weighted by Gasteiger charge is 2.17. The van der Waals surface area contributed by atoms with E-state index in [0.717, 1.165) is 11.3 Å². The van der Waals surface area contributed by atoms with Crippen LogP contribution in [0.1, 0.15) is 40.4 Å². The van der Waals surface area contributed by atoms with Crippen LogP contribution < -0.4 is 14.8 Å². The van der Waals surface area contributed by atoms with E-state index in [4.69, 9.17) is 13.9 Å². The van der Waals surface area contributed by atoms with E-state index in [2.05, 4.69) is 5.32 Å². The van der Waals surface area contributed by atoms with E-state index in [-0.39, 0.29) is 11.9 Å². The SMILES string of the molecule is COc1ccc(C(C)NC(=O)c2cc(C)oc2C)cc1OC. The molecule has 0 aliphatic heterocycles. The van der Waals surface area contributed by atoms with Gasteiger partial charge in [-0.1, -0.05) is 6.07 Å². The average Bonchev–Trinajstić information content (AvgIpc) is 2.85. The van der Waals surface area contributed by atoms with Crippen molar-refractivity contribution in [3.05, 3.63) is 46.9 Å². The van der Waals surface area contributed by atoms with Crippen LogP contribution in [0.5, 0.6) is 11.5 Å². The van der Waals surface area contributed by atoms with Crippen molar-refractivity contribution < 1.29 is 18.7 Å². The molecular formula is C17H21NO4. The van der Waals surface area contributed by atoms with E-state index < -0.39 is 0 Å². The molecular weight excluding hydrogens is 282 g/mol. The summed E-state index contributed by atoms with van der Waals surface area (Å²) >= 11 is 0. The van der Waals surface area contributed by atoms with E-state index in [1.54, 1.807) is 27.2 Å². The second-order valence-electron chi connectivity index (χ2n) is 5.14. The van der Waals surface area contributed by atoms with Crippen LogP contribution in [0.15, 0.2) is 28.7 Å². The molecule has 0 saturated heterocycles. The first-order valence-corrected chi connectivity index (χ1v) is 7.06. The minimum absolute atomic E-state index is 0.156. The van der Waals surface area contributed by atoms with Gasteiger partial charge in [0.2, 0.25) is 0 Å². The first-order valence-electron chi connectivity index (χ1n) is 7.06. The molecule has 1 heterocycles. The maximum absolute atomic E-state index is 12.3. The van der Waals surface area contributed by atoms with E-state index in [1.807, 2.05) is 32.0 Å². The predicted octanol–water partition coefficient (Wildman–Crippen LogP) is 3.40. The number of amides is 1. The molecule has 2 rings (SSSR count). The molecule has 22 heavy (non-hydrogen) atoms. The summed E-state index contributed by atoms with van der Waals surface area (Å²) in [5.41, 5.74) is 1.49. The van der Waals surface area contributed by atoms with Crippen LogP contribution in [0.2, 0.25) is 0 Å². The third-order valence-corrected chi connectivity index (χ3v) is 3.54. The van der Waals surface area contributed by atoms with Crippen molar-refractivity contribution >= 4 is 5.91 Å². The van der Waals surface area contributed by atoms with Gasteiger partial charge in [-0.05, 0) is 44.5 Å². The quantitative estimate of drug-likeness (QED) is 0.919. The molecule has 0 spiro atoms. The first kappa shape index (κ1) is 15.9. The maximum atomic E-state index is 12.3. The monoisotopic (exact) mass is 303 g/mol. The van der Waals surface area contributed by atoms with Crippen LogP contribution in [0.25, 0.3) is 0 Å². The molecule has 1 aromatic heterocycles. The largest absolute Gasteiger partial charge is 0.493 e. The number of benzene rings is 1. The molecule has 0 bridgehead atoms. The number of carbonyl (C=O) groups excluding carboxylic acids is 1. The summed E-state index contributed by atoms with van der Waals surface area (Å²) < 4.78 is 15.9. The zero-order valence-corrected chi connectivity index (χ0v) is 13.5. The summed E-state index contributed by atoms with van der Waals surface area (Å²) in [6.45, 7) is 5.52. The van der Waals surface area contributed by atoms with E-state index in [9.17, 15) is 4.79 Å². The molecule has 5 nitrogen and oxygen atoms in total. The van der Waals surface area contributed by atoms with Gasteiger partial charge in [-0.2, -0.15) is 0 Å². The molecule has 0 saturated carbocycles. The van der Waals surface area contributed by atoms with E-state index in [0.29, 0.717) is 22.8 Å². The number of ether oxygens (including phenoxy) is 2. The fourth-order valence-corrected chi connectivity index (χ4v) is 2.34. The molecule has 1 N–H and O–H groups in total. The summed E-state index contributed by atoms with van der Waals surface area (Å²) in [6.07, 6.45) is 0. The number of carbonyl (C=O) groups is 1. The lowest BCUT2D eigenvalue weighted by Gasteiger charge is -2.16. The lowest BCUT2D eigenvalue weighted by Crippen LogP contribution is -2.26. The molecule has 1 amide bonds. The van der Waals surface area contributed by atoms with E-state index in [1.165, 1.54) is 0 Å². The van der Waals surface area contributed by atoms with Crippen molar-refractivity contribution in [1.29, 1.82) is 0 Å². The molecule has 0 aliphatic carbocycles. The standard InChI is InChI=1S/C17H21NO4/c1-10-8-14(12(3)22-10)17(19)18-11(2)13-6-7-15(20-4)16(9-13)21-5/h6-9,11H,1-5H3,(H,18,19). The lowest BCUT2D eigenvalue weighted by atomic mass is 10.1. The number of nitrogens with one attached hydrogen (secondary N) is 1. The Kier molecular flexibility index (Phi) is 4.75. The van der Waals surface area contributed by atoms with Crippen molar-refractivity contribution in [1.82, 2.24) is 5.32 Å². The highest BCUT2D eigenvalue weighted by molar-refractivity contribution is 5.95.